The average molecular weight is 433 g/mol. The molecule has 31 heavy (non-hydrogen) atoms. The number of allylic oxidation sites excluding steroid dienone is 1. The Bertz CT molecular complexity index is 1190. The fourth-order valence-electron chi connectivity index (χ4n) is 3.23. The third-order valence-electron chi connectivity index (χ3n) is 4.66. The lowest BCUT2D eigenvalue weighted by Gasteiger charge is -2.16. The van der Waals surface area contributed by atoms with Crippen molar-refractivity contribution in [3.8, 4) is 5.75 Å². The van der Waals surface area contributed by atoms with E-state index in [2.05, 4.69) is 0 Å². The highest BCUT2D eigenvalue weighted by Crippen LogP contribution is 2.30. The zero-order valence-electron chi connectivity index (χ0n) is 17.4. The van der Waals surface area contributed by atoms with Crippen LogP contribution in [0.1, 0.15) is 42.0 Å². The van der Waals surface area contributed by atoms with Crippen LogP contribution in [-0.4, -0.2) is 14.7 Å². The molecule has 3 aromatic carbocycles. The maximum absolute atomic E-state index is 12.4. The lowest BCUT2D eigenvalue weighted by molar-refractivity contribution is -0.103. The maximum atomic E-state index is 12.4. The molecule has 3 aromatic rings. The van der Waals surface area contributed by atoms with Crippen molar-refractivity contribution < 1.29 is 17.4 Å². The molecule has 4 nitrogen and oxygen atoms in total. The van der Waals surface area contributed by atoms with Gasteiger partial charge in [0.05, 0.1) is 5.41 Å². The molecule has 158 valence electrons. The lowest BCUT2D eigenvalue weighted by atomic mass is 9.88. The molecule has 5 heteroatoms. The molecule has 0 spiro atoms. The van der Waals surface area contributed by atoms with E-state index in [0.717, 1.165) is 22.8 Å². The van der Waals surface area contributed by atoms with Gasteiger partial charge in [0.1, 0.15) is 5.75 Å². The maximum Gasteiger partial charge on any atom is 0.332 e. The van der Waals surface area contributed by atoms with Crippen LogP contribution in [0.4, 0.5) is 0 Å². The number of rotatable bonds is 8. The molecule has 3 rings (SSSR count). The van der Waals surface area contributed by atoms with Crippen molar-refractivity contribution in [2.75, 3.05) is 0 Å². The van der Waals surface area contributed by atoms with Gasteiger partial charge in [-0.2, -0.15) is 8.42 Å². The normalized spacial score (nSPS) is 12.3. The van der Waals surface area contributed by atoms with Gasteiger partial charge in [0.2, 0.25) is 0 Å². The van der Waals surface area contributed by atoms with Gasteiger partial charge in [-0.25, -0.2) is 0 Å². The van der Waals surface area contributed by atoms with Crippen molar-refractivity contribution in [3.63, 3.8) is 0 Å². The van der Waals surface area contributed by atoms with Gasteiger partial charge >= 0.3 is 10.1 Å². The first-order valence-electron chi connectivity index (χ1n) is 9.92. The van der Waals surface area contributed by atoms with Crippen LogP contribution >= 0.6 is 0 Å². The third-order valence-corrected chi connectivity index (χ3v) is 5.55. The van der Waals surface area contributed by atoms with Crippen LogP contribution < -0.4 is 4.18 Å². The molecule has 0 saturated heterocycles. The molecular weight excluding hydrogens is 408 g/mol. The highest BCUT2D eigenvalue weighted by molar-refractivity contribution is 7.90. The minimum atomic E-state index is -3.96. The zero-order chi connectivity index (χ0) is 22.3. The average Bonchev–Trinajstić information content (AvgIpc) is 2.77. The predicted molar refractivity (Wildman–Crippen MR) is 126 cm³/mol. The Balaban J connectivity index is 2.05. The SMILES string of the molecule is CC(C)c1cccc(/C=C/S(=O)(=O)Oc2ccccc2)c1/C(C=O)=C\c1ccccc1. The van der Waals surface area contributed by atoms with E-state index in [1.165, 1.54) is 6.08 Å². The monoisotopic (exact) mass is 432 g/mol. The Morgan fingerprint density at radius 2 is 1.52 bits per heavy atom. The van der Waals surface area contributed by atoms with Crippen LogP contribution in [0.2, 0.25) is 0 Å². The molecule has 0 fully saturated rings. The van der Waals surface area contributed by atoms with E-state index in [1.807, 2.05) is 56.3 Å². The molecule has 0 saturated carbocycles. The van der Waals surface area contributed by atoms with E-state index in [-0.39, 0.29) is 11.7 Å². The summed E-state index contributed by atoms with van der Waals surface area (Å²) in [5, 5.41) is 1.02. The van der Waals surface area contributed by atoms with Gasteiger partial charge in [-0.05, 0) is 52.5 Å². The summed E-state index contributed by atoms with van der Waals surface area (Å²) in [6, 6.07) is 23.4. The minimum Gasteiger partial charge on any atom is -0.379 e. The van der Waals surface area contributed by atoms with Gasteiger partial charge in [-0.15, -0.1) is 0 Å². The molecule has 0 N–H and O–H groups in total. The second-order valence-corrected chi connectivity index (χ2v) is 8.71. The molecule has 0 aromatic heterocycles. The Morgan fingerprint density at radius 3 is 2.13 bits per heavy atom. The number of carbonyl (C=O) groups excluding carboxylic acids is 1. The molecular formula is C26H24O4S. The molecule has 0 radical (unpaired) electrons. The van der Waals surface area contributed by atoms with E-state index in [0.29, 0.717) is 16.7 Å². The standard InChI is InChI=1S/C26H24O4S/c1-20(2)25-15-9-12-22(16-17-31(28,29)30-24-13-7-4-8-14-24)26(25)23(19-27)18-21-10-5-3-6-11-21/h3-20H,1-2H3/b17-16+,23-18-. The van der Waals surface area contributed by atoms with Gasteiger partial charge in [0.15, 0.2) is 6.29 Å². The van der Waals surface area contributed by atoms with Crippen molar-refractivity contribution in [2.24, 2.45) is 0 Å². The van der Waals surface area contributed by atoms with Crippen molar-refractivity contribution >= 4 is 34.1 Å². The molecule has 0 aliphatic carbocycles. The lowest BCUT2D eigenvalue weighted by Crippen LogP contribution is -2.05. The topological polar surface area (TPSA) is 60.4 Å². The van der Waals surface area contributed by atoms with Crippen molar-refractivity contribution in [1.82, 2.24) is 0 Å². The van der Waals surface area contributed by atoms with Crippen molar-refractivity contribution in [1.29, 1.82) is 0 Å². The number of para-hydroxylation sites is 1. The second kappa shape index (κ2) is 10.0. The number of carbonyl (C=O) groups is 1. The van der Waals surface area contributed by atoms with Gasteiger partial charge in [0.25, 0.3) is 0 Å². The smallest absolute Gasteiger partial charge is 0.332 e. The van der Waals surface area contributed by atoms with E-state index in [9.17, 15) is 13.2 Å². The summed E-state index contributed by atoms with van der Waals surface area (Å²) in [5.41, 5.74) is 3.66. The van der Waals surface area contributed by atoms with Crippen LogP contribution in [0.3, 0.4) is 0 Å². The van der Waals surface area contributed by atoms with Crippen LogP contribution in [0, 0.1) is 0 Å². The number of benzene rings is 3. The first-order valence-corrected chi connectivity index (χ1v) is 11.4. The van der Waals surface area contributed by atoms with Gasteiger partial charge in [-0.1, -0.05) is 80.6 Å². The van der Waals surface area contributed by atoms with Gasteiger partial charge in [-0.3, -0.25) is 4.79 Å². The fourth-order valence-corrected chi connectivity index (χ4v) is 3.98. The molecule has 0 atom stereocenters. The summed E-state index contributed by atoms with van der Waals surface area (Å²) in [7, 11) is -3.96. The Labute approximate surface area is 183 Å². The predicted octanol–water partition coefficient (Wildman–Crippen LogP) is 5.93. The third kappa shape index (κ3) is 6.03. The largest absolute Gasteiger partial charge is 0.379 e. The van der Waals surface area contributed by atoms with E-state index in [4.69, 9.17) is 4.18 Å². The highest BCUT2D eigenvalue weighted by Gasteiger charge is 2.15. The Kier molecular flexibility index (Phi) is 7.21. The first-order chi connectivity index (χ1) is 14.9. The summed E-state index contributed by atoms with van der Waals surface area (Å²) in [5.74, 6) is 0.375. The quantitative estimate of drug-likeness (QED) is 0.192. The van der Waals surface area contributed by atoms with E-state index in [1.54, 1.807) is 42.5 Å². The van der Waals surface area contributed by atoms with Crippen LogP contribution in [0.25, 0.3) is 17.7 Å². The van der Waals surface area contributed by atoms with Gasteiger partial charge < -0.3 is 4.18 Å². The molecule has 0 aliphatic heterocycles. The molecule has 0 heterocycles. The molecule has 0 amide bonds. The van der Waals surface area contributed by atoms with E-state index >= 15 is 0 Å². The second-order valence-electron chi connectivity index (χ2n) is 7.29. The summed E-state index contributed by atoms with van der Waals surface area (Å²) in [6.45, 7) is 4.07. The van der Waals surface area contributed by atoms with E-state index < -0.39 is 10.1 Å². The minimum absolute atomic E-state index is 0.139. The number of aldehydes is 1. The van der Waals surface area contributed by atoms with Crippen LogP contribution in [0.15, 0.2) is 84.3 Å². The van der Waals surface area contributed by atoms with Crippen molar-refractivity contribution in [2.45, 2.75) is 19.8 Å². The first kappa shape index (κ1) is 22.2. The highest BCUT2D eigenvalue weighted by atomic mass is 32.2. The summed E-state index contributed by atoms with van der Waals surface area (Å²) in [6.07, 6.45) is 4.09. The molecule has 0 unspecified atom stereocenters. The summed E-state index contributed by atoms with van der Waals surface area (Å²) in [4.78, 5) is 12.0. The molecule has 0 bridgehead atoms. The summed E-state index contributed by atoms with van der Waals surface area (Å²) < 4.78 is 30.0. The fraction of sp³-hybridized carbons (Fsp3) is 0.115. The Hall–Kier alpha value is -3.44. The zero-order valence-corrected chi connectivity index (χ0v) is 18.3. The van der Waals surface area contributed by atoms with Crippen molar-refractivity contribution in [3.05, 3.63) is 107 Å². The number of hydrogen-bond acceptors (Lipinski definition) is 4. The number of hydrogen-bond donors (Lipinski definition) is 0. The Morgan fingerprint density at radius 1 is 0.871 bits per heavy atom. The van der Waals surface area contributed by atoms with Crippen LogP contribution in [-0.2, 0) is 14.9 Å². The van der Waals surface area contributed by atoms with Crippen LogP contribution in [0.5, 0.6) is 5.75 Å². The molecule has 0 aliphatic rings. The van der Waals surface area contributed by atoms with Gasteiger partial charge in [0, 0.05) is 5.57 Å². The summed E-state index contributed by atoms with van der Waals surface area (Å²) >= 11 is 0.